The molecule has 1 saturated heterocycles. The molecule has 0 amide bonds. The van der Waals surface area contributed by atoms with E-state index in [2.05, 4.69) is 35.7 Å². The molecule has 1 aliphatic rings. The lowest BCUT2D eigenvalue weighted by atomic mass is 10.00. The van der Waals surface area contributed by atoms with E-state index in [0.717, 1.165) is 45.6 Å². The van der Waals surface area contributed by atoms with Gasteiger partial charge in [0.2, 0.25) is 0 Å². The van der Waals surface area contributed by atoms with Crippen LogP contribution in [0.1, 0.15) is 33.6 Å². The SMILES string of the molecule is CCNCC1CCCN(S(=O)(=O)NCCN(CC)CC)C1. The van der Waals surface area contributed by atoms with Gasteiger partial charge in [-0.3, -0.25) is 0 Å². The second kappa shape index (κ2) is 9.74. The Hall–Kier alpha value is -0.210. The molecule has 0 aromatic carbocycles. The van der Waals surface area contributed by atoms with Crippen molar-refractivity contribution in [3.63, 3.8) is 0 Å². The summed E-state index contributed by atoms with van der Waals surface area (Å²) in [6.45, 7) is 12.5. The maximum atomic E-state index is 12.3. The van der Waals surface area contributed by atoms with Gasteiger partial charge >= 0.3 is 0 Å². The maximum Gasteiger partial charge on any atom is 0.279 e. The first-order valence-corrected chi connectivity index (χ1v) is 9.65. The van der Waals surface area contributed by atoms with E-state index in [9.17, 15) is 8.42 Å². The van der Waals surface area contributed by atoms with Crippen LogP contribution in [-0.2, 0) is 10.2 Å². The average molecular weight is 321 g/mol. The Morgan fingerprint density at radius 2 is 1.95 bits per heavy atom. The van der Waals surface area contributed by atoms with Gasteiger partial charge < -0.3 is 10.2 Å². The van der Waals surface area contributed by atoms with E-state index in [0.29, 0.717) is 25.6 Å². The fourth-order valence-corrected chi connectivity index (χ4v) is 4.03. The van der Waals surface area contributed by atoms with Crippen molar-refractivity contribution in [3.05, 3.63) is 0 Å². The summed E-state index contributed by atoms with van der Waals surface area (Å²) in [5, 5.41) is 3.31. The number of hydrogen-bond donors (Lipinski definition) is 2. The van der Waals surface area contributed by atoms with Gasteiger partial charge in [0.1, 0.15) is 0 Å². The molecule has 126 valence electrons. The lowest BCUT2D eigenvalue weighted by molar-refractivity contribution is 0.257. The summed E-state index contributed by atoms with van der Waals surface area (Å²) >= 11 is 0. The van der Waals surface area contributed by atoms with Crippen molar-refractivity contribution in [2.75, 3.05) is 52.4 Å². The van der Waals surface area contributed by atoms with E-state index >= 15 is 0 Å². The zero-order valence-corrected chi connectivity index (χ0v) is 14.6. The molecule has 0 spiro atoms. The predicted molar refractivity (Wildman–Crippen MR) is 87.6 cm³/mol. The minimum Gasteiger partial charge on any atom is -0.317 e. The number of hydrogen-bond acceptors (Lipinski definition) is 4. The standard InChI is InChI=1S/C14H32N4O2S/c1-4-15-12-14-8-7-10-18(13-14)21(19,20)16-9-11-17(5-2)6-3/h14-16H,4-13H2,1-3H3. The highest BCUT2D eigenvalue weighted by Crippen LogP contribution is 2.17. The summed E-state index contributed by atoms with van der Waals surface area (Å²) in [6.07, 6.45) is 2.06. The molecule has 7 heteroatoms. The molecule has 1 aliphatic heterocycles. The zero-order valence-electron chi connectivity index (χ0n) is 13.8. The molecule has 1 heterocycles. The van der Waals surface area contributed by atoms with Crippen LogP contribution in [0.25, 0.3) is 0 Å². The molecule has 1 atom stereocenters. The maximum absolute atomic E-state index is 12.3. The monoisotopic (exact) mass is 320 g/mol. The van der Waals surface area contributed by atoms with Crippen molar-refractivity contribution in [2.45, 2.75) is 33.6 Å². The smallest absolute Gasteiger partial charge is 0.279 e. The molecule has 0 radical (unpaired) electrons. The van der Waals surface area contributed by atoms with E-state index in [1.807, 2.05) is 0 Å². The van der Waals surface area contributed by atoms with E-state index in [4.69, 9.17) is 0 Å². The summed E-state index contributed by atoms with van der Waals surface area (Å²) < 4.78 is 29.0. The normalized spacial score (nSPS) is 21.0. The molecule has 2 N–H and O–H groups in total. The van der Waals surface area contributed by atoms with Gasteiger partial charge in [-0.15, -0.1) is 0 Å². The Kier molecular flexibility index (Phi) is 8.73. The van der Waals surface area contributed by atoms with E-state index < -0.39 is 10.2 Å². The van der Waals surface area contributed by atoms with Gasteiger partial charge in [0, 0.05) is 26.2 Å². The van der Waals surface area contributed by atoms with Gasteiger partial charge in [-0.1, -0.05) is 20.8 Å². The highest BCUT2D eigenvalue weighted by molar-refractivity contribution is 7.87. The molecule has 1 unspecified atom stereocenters. The van der Waals surface area contributed by atoms with Crippen LogP contribution in [0.4, 0.5) is 0 Å². The van der Waals surface area contributed by atoms with Gasteiger partial charge in [-0.25, -0.2) is 4.72 Å². The lowest BCUT2D eigenvalue weighted by Crippen LogP contribution is -2.48. The van der Waals surface area contributed by atoms with Crippen LogP contribution in [0.2, 0.25) is 0 Å². The Labute approximate surface area is 130 Å². The number of nitrogens with zero attached hydrogens (tertiary/aromatic N) is 2. The first-order chi connectivity index (χ1) is 10.0. The van der Waals surface area contributed by atoms with Gasteiger partial charge in [0.25, 0.3) is 10.2 Å². The Morgan fingerprint density at radius 3 is 2.57 bits per heavy atom. The van der Waals surface area contributed by atoms with Gasteiger partial charge in [0.15, 0.2) is 0 Å². The zero-order chi connectivity index (χ0) is 15.7. The molecule has 21 heavy (non-hydrogen) atoms. The molecule has 1 rings (SSSR count). The van der Waals surface area contributed by atoms with Gasteiger partial charge in [0.05, 0.1) is 0 Å². The van der Waals surface area contributed by atoms with Crippen LogP contribution >= 0.6 is 0 Å². The predicted octanol–water partition coefficient (Wildman–Crippen LogP) is 0.484. The molecule has 0 bridgehead atoms. The summed E-state index contributed by atoms with van der Waals surface area (Å²) in [4.78, 5) is 2.21. The number of piperidine rings is 1. The third-order valence-corrected chi connectivity index (χ3v) is 5.69. The van der Waals surface area contributed by atoms with Crippen LogP contribution in [0, 0.1) is 5.92 Å². The Morgan fingerprint density at radius 1 is 1.24 bits per heavy atom. The second-order valence-corrected chi connectivity index (χ2v) is 7.36. The number of rotatable bonds is 10. The molecular weight excluding hydrogens is 288 g/mol. The average Bonchev–Trinajstić information content (AvgIpc) is 2.50. The van der Waals surface area contributed by atoms with Crippen molar-refractivity contribution >= 4 is 10.2 Å². The fourth-order valence-electron chi connectivity index (χ4n) is 2.72. The number of likely N-dealkylation sites (N-methyl/N-ethyl adjacent to an activating group) is 1. The third-order valence-electron chi connectivity index (χ3n) is 4.11. The van der Waals surface area contributed by atoms with Crippen LogP contribution < -0.4 is 10.0 Å². The first kappa shape index (κ1) is 18.8. The highest BCUT2D eigenvalue weighted by atomic mass is 32.2. The quantitative estimate of drug-likeness (QED) is 0.615. The van der Waals surface area contributed by atoms with Gasteiger partial charge in [-0.05, 0) is 44.9 Å². The molecule has 1 fully saturated rings. The minimum absolute atomic E-state index is 0.429. The molecule has 0 aliphatic carbocycles. The molecule has 0 saturated carbocycles. The number of nitrogens with one attached hydrogen (secondary N) is 2. The van der Waals surface area contributed by atoms with Crippen LogP contribution in [0.3, 0.4) is 0 Å². The molecule has 0 aromatic rings. The lowest BCUT2D eigenvalue weighted by Gasteiger charge is -2.32. The van der Waals surface area contributed by atoms with E-state index in [1.165, 1.54) is 0 Å². The van der Waals surface area contributed by atoms with Crippen molar-refractivity contribution in [1.82, 2.24) is 19.2 Å². The van der Waals surface area contributed by atoms with Crippen molar-refractivity contribution < 1.29 is 8.42 Å². The van der Waals surface area contributed by atoms with Crippen molar-refractivity contribution in [2.24, 2.45) is 5.92 Å². The second-order valence-electron chi connectivity index (χ2n) is 5.60. The van der Waals surface area contributed by atoms with E-state index in [-0.39, 0.29) is 0 Å². The Bertz CT molecular complexity index is 371. The summed E-state index contributed by atoms with van der Waals surface area (Å²) in [7, 11) is -3.32. The topological polar surface area (TPSA) is 64.7 Å². The van der Waals surface area contributed by atoms with Gasteiger partial charge in [-0.2, -0.15) is 12.7 Å². The van der Waals surface area contributed by atoms with Crippen molar-refractivity contribution in [3.8, 4) is 0 Å². The molecular formula is C14H32N4O2S. The largest absolute Gasteiger partial charge is 0.317 e. The molecule has 0 aromatic heterocycles. The van der Waals surface area contributed by atoms with Crippen LogP contribution in [0.15, 0.2) is 0 Å². The summed E-state index contributed by atoms with van der Waals surface area (Å²) in [6, 6.07) is 0. The fraction of sp³-hybridized carbons (Fsp3) is 1.00. The molecule has 6 nitrogen and oxygen atoms in total. The van der Waals surface area contributed by atoms with Crippen LogP contribution in [-0.4, -0.2) is 70.0 Å². The van der Waals surface area contributed by atoms with Crippen LogP contribution in [0.5, 0.6) is 0 Å². The summed E-state index contributed by atoms with van der Waals surface area (Å²) in [5.74, 6) is 0.429. The summed E-state index contributed by atoms with van der Waals surface area (Å²) in [5.41, 5.74) is 0. The third kappa shape index (κ3) is 6.61. The Balaban J connectivity index is 2.42. The minimum atomic E-state index is -3.32. The van der Waals surface area contributed by atoms with Crippen molar-refractivity contribution in [1.29, 1.82) is 0 Å². The highest BCUT2D eigenvalue weighted by Gasteiger charge is 2.28. The van der Waals surface area contributed by atoms with E-state index in [1.54, 1.807) is 4.31 Å². The first-order valence-electron chi connectivity index (χ1n) is 8.21.